The minimum absolute atomic E-state index is 0. The van der Waals surface area contributed by atoms with Gasteiger partial charge in [0.15, 0.2) is 16.9 Å². The molecule has 0 saturated carbocycles. The van der Waals surface area contributed by atoms with Crippen molar-refractivity contribution in [1.29, 1.82) is 0 Å². The molecule has 38 heteroatoms. The van der Waals surface area contributed by atoms with Gasteiger partial charge in [-0.3, -0.25) is 4.79 Å². The molecule has 3 aliphatic heterocycles. The summed E-state index contributed by atoms with van der Waals surface area (Å²) in [4.78, 5) is 82.0. The summed E-state index contributed by atoms with van der Waals surface area (Å²) in [5, 5.41) is 21.8. The van der Waals surface area contributed by atoms with Crippen LogP contribution >= 0.6 is 81.8 Å². The van der Waals surface area contributed by atoms with Gasteiger partial charge in [-0.1, -0.05) is 54.6 Å². The van der Waals surface area contributed by atoms with Crippen molar-refractivity contribution in [3.8, 4) is 33.8 Å². The number of hydrogen-bond donors (Lipinski definition) is 2. The van der Waals surface area contributed by atoms with E-state index in [4.69, 9.17) is 24.8 Å². The van der Waals surface area contributed by atoms with Gasteiger partial charge in [0.1, 0.15) is 5.60 Å². The van der Waals surface area contributed by atoms with Gasteiger partial charge in [-0.15, -0.1) is 34.0 Å². The maximum Gasteiger partial charge on any atom is 1.00 e. The molecule has 0 aliphatic carbocycles. The molecule has 0 bridgehead atoms. The molecule has 3 aliphatic rings. The molecule has 12 heterocycles. The molecular weight excluding hydrogens is 1790 g/mol. The predicted molar refractivity (Wildman–Crippen MR) is 446 cm³/mol. The fourth-order valence-electron chi connectivity index (χ4n) is 12.3. The molecule has 15 rings (SSSR count). The fourth-order valence-corrected chi connectivity index (χ4v) is 20.3. The first-order valence-corrected chi connectivity index (χ1v) is 44.6. The van der Waals surface area contributed by atoms with Crippen molar-refractivity contribution in [3.63, 3.8) is 0 Å². The smallest absolute Gasteiger partial charge is 0.793 e. The molecular formula is C76H80BBr3N12NaO15S6. The summed E-state index contributed by atoms with van der Waals surface area (Å²) in [7, 11) is -3.92. The second-order valence-corrected chi connectivity index (χ2v) is 37.7. The standard InChI is InChI=1S/C26H27BrN4O4S2.C22H21BrN4O2S2.C21H19BrN4O2S2.C4H6O4.C2H3BO2.CH4O.Na/c1-26(2,3)35-25(32)30-11-9-17(10-12-30)24-29-22(16-36-24)21-15-31(23-20(21)13-18(27)14-28-23)37(33,34)19-7-5-4-6-8-19;1-26-9-7-15(8-10-26)22-25-20(14-30-22)19-13-27(21-18(19)11-16(23)12-24-21)31(28,29)17-5-3-2-4-6-17;22-15-10-17-18(19-13-29-21(25-19)14-6-8-23-9-7-14)12-26(20(17)24-11-15)30(27,28)16-4-2-1-3-5-16;1-3(5)7-8-4(2)6;1-2(4)5-3;1-2;/h4-8,13-17H,9-12H2,1-3H3;2-6,11-15H,7-10H2,1H3;1-5,10-14,23H,6-9H2;1-2H3;1H3;2H,1H3;/q;;;;-1;;+1. The Morgan fingerprint density at radius 2 is 0.798 bits per heavy atom. The summed E-state index contributed by atoms with van der Waals surface area (Å²) in [5.74, 6) is -0.605. The number of piperidine rings is 3. The third-order valence-electron chi connectivity index (χ3n) is 17.7. The minimum atomic E-state index is -3.84. The SMILES string of the molecule is CC(=O)OOC(C)=O.CC(C)(C)OC(=O)N1CCC(c2nc(-c3cn(S(=O)(=O)c4ccccc4)c4ncc(Br)cc34)cs2)CC1.CN1CCC(c2nc(-c3cn(S(=O)(=O)c4ccccc4)c4ncc(Br)cc34)cs2)CC1.CO.O=S(=O)(c1ccccc1)n1cc(-c2csc(C3CCNCC3)n2)c2cc(Br)cnc21.[B-]OC(C)=O.[Na+]. The average Bonchev–Trinajstić information content (AvgIpc) is 1.61. The Balaban J connectivity index is 0.000000179. The number of halogens is 3. The van der Waals surface area contributed by atoms with Gasteiger partial charge in [0.25, 0.3) is 30.1 Å². The molecule has 0 atom stereocenters. The van der Waals surface area contributed by atoms with Crippen LogP contribution in [0.2, 0.25) is 0 Å². The second-order valence-electron chi connectivity index (χ2n) is 26.9. The molecule has 3 fully saturated rings. The number of carbonyl (C=O) groups excluding carboxylic acids is 4. The minimum Gasteiger partial charge on any atom is -0.793 e. The number of amides is 1. The summed E-state index contributed by atoms with van der Waals surface area (Å²) in [6.45, 7) is 14.5. The third-order valence-corrected chi connectivity index (χ3v) is 27.0. The predicted octanol–water partition coefficient (Wildman–Crippen LogP) is 12.1. The molecule has 0 spiro atoms. The molecule has 2 N–H and O–H groups in total. The number of nitrogens with one attached hydrogen (secondary N) is 1. The largest absolute Gasteiger partial charge is 1.00 e. The number of ether oxygens (including phenoxy) is 1. The Hall–Kier alpha value is -7.47. The van der Waals surface area contributed by atoms with Crippen LogP contribution in [-0.2, 0) is 63.6 Å². The number of pyridine rings is 3. The van der Waals surface area contributed by atoms with Crippen LogP contribution in [0, 0.1) is 0 Å². The number of thiazole rings is 3. The quantitative estimate of drug-likeness (QED) is 0.0652. The summed E-state index contributed by atoms with van der Waals surface area (Å²) >= 11 is 15.3. The maximum absolute atomic E-state index is 13.5. The van der Waals surface area contributed by atoms with E-state index in [9.17, 15) is 44.4 Å². The molecule has 595 valence electrons. The first-order valence-electron chi connectivity index (χ1n) is 35.2. The van der Waals surface area contributed by atoms with Gasteiger partial charge < -0.3 is 37.7 Å². The van der Waals surface area contributed by atoms with E-state index in [0.29, 0.717) is 58.5 Å². The maximum atomic E-state index is 13.5. The number of rotatable bonds is 12. The zero-order valence-electron chi connectivity index (χ0n) is 63.5. The molecule has 27 nitrogen and oxygen atoms in total. The zero-order valence-corrected chi connectivity index (χ0v) is 75.2. The molecule has 9 aromatic heterocycles. The monoisotopic (exact) mass is 1860 g/mol. The number of aromatic nitrogens is 9. The summed E-state index contributed by atoms with van der Waals surface area (Å²) in [6.07, 6.45) is 15.4. The summed E-state index contributed by atoms with van der Waals surface area (Å²) < 4.78 is 95.5. The Morgan fingerprint density at radius 1 is 0.500 bits per heavy atom. The second kappa shape index (κ2) is 40.6. The van der Waals surface area contributed by atoms with Crippen LogP contribution in [0.25, 0.3) is 66.9 Å². The average molecular weight is 1870 g/mol. The van der Waals surface area contributed by atoms with Crippen molar-refractivity contribution in [2.75, 3.05) is 53.4 Å². The molecule has 0 unspecified atom stereocenters. The number of aliphatic hydroxyl groups is 1. The van der Waals surface area contributed by atoms with Crippen LogP contribution in [0.5, 0.6) is 0 Å². The van der Waals surface area contributed by atoms with E-state index in [0.717, 1.165) is 147 Å². The zero-order chi connectivity index (χ0) is 81.5. The Bertz CT molecular complexity index is 5660. The van der Waals surface area contributed by atoms with Crippen LogP contribution in [0.15, 0.2) is 191 Å². The van der Waals surface area contributed by atoms with Gasteiger partial charge in [-0.05, 0) is 195 Å². The van der Waals surface area contributed by atoms with Gasteiger partial charge in [0.05, 0.1) is 46.8 Å². The summed E-state index contributed by atoms with van der Waals surface area (Å²) in [5.41, 5.74) is 5.18. The molecule has 3 saturated heterocycles. The van der Waals surface area contributed by atoms with E-state index < -0.39 is 53.6 Å². The van der Waals surface area contributed by atoms with E-state index in [1.54, 1.807) is 167 Å². The Kier molecular flexibility index (Phi) is 32.2. The number of nitrogens with zero attached hydrogens (tertiary/aromatic N) is 11. The number of carbonyl (C=O) groups is 4. The molecule has 3 radical (unpaired) electrons. The number of likely N-dealkylation sites (tertiary alicyclic amines) is 2. The topological polar surface area (TPSA) is 338 Å². The van der Waals surface area contributed by atoms with Crippen molar-refractivity contribution >= 4 is 177 Å². The van der Waals surface area contributed by atoms with Gasteiger partial charge >= 0.3 is 47.6 Å². The van der Waals surface area contributed by atoms with E-state index >= 15 is 0 Å². The van der Waals surface area contributed by atoms with E-state index in [-0.39, 0.29) is 56.3 Å². The van der Waals surface area contributed by atoms with Crippen LogP contribution in [0.1, 0.15) is 113 Å². The first-order chi connectivity index (χ1) is 53.9. The fraction of sp³-hybridized carbons (Fsp3) is 0.316. The van der Waals surface area contributed by atoms with Crippen molar-refractivity contribution < 1.29 is 98.3 Å². The van der Waals surface area contributed by atoms with Gasteiger partial charge in [-0.2, -0.15) is 0 Å². The number of benzene rings is 3. The van der Waals surface area contributed by atoms with E-state index in [1.807, 2.05) is 55.1 Å². The first kappa shape index (κ1) is 90.5. The molecule has 114 heavy (non-hydrogen) atoms. The Labute approximate surface area is 721 Å². The van der Waals surface area contributed by atoms with E-state index in [2.05, 4.69) is 102 Å². The van der Waals surface area contributed by atoms with Crippen LogP contribution in [0.4, 0.5) is 4.79 Å². The number of hydrogen-bond acceptors (Lipinski definition) is 26. The van der Waals surface area contributed by atoms with Gasteiger partial charge in [0.2, 0.25) is 5.97 Å². The van der Waals surface area contributed by atoms with Crippen molar-refractivity contribution in [3.05, 3.63) is 191 Å². The summed E-state index contributed by atoms with van der Waals surface area (Å²) in [6, 6.07) is 30.9. The van der Waals surface area contributed by atoms with Crippen molar-refractivity contribution in [2.45, 2.75) is 118 Å². The molecule has 3 aromatic carbocycles. The van der Waals surface area contributed by atoms with Crippen LogP contribution < -0.4 is 34.9 Å². The molecule has 12 aromatic rings. The van der Waals surface area contributed by atoms with Crippen LogP contribution in [0.3, 0.4) is 0 Å². The third kappa shape index (κ3) is 22.6. The molecule has 1 amide bonds. The van der Waals surface area contributed by atoms with Gasteiger partial charge in [-0.25, -0.2) is 91.2 Å². The van der Waals surface area contributed by atoms with E-state index in [1.165, 1.54) is 18.8 Å². The Morgan fingerprint density at radius 3 is 1.09 bits per heavy atom. The number of fused-ring (bicyclic) bond motifs is 3. The van der Waals surface area contributed by atoms with Crippen LogP contribution in [-0.4, -0.2) is 173 Å². The van der Waals surface area contributed by atoms with Crippen molar-refractivity contribution in [1.82, 2.24) is 56.9 Å². The number of aliphatic hydroxyl groups excluding tert-OH is 1. The van der Waals surface area contributed by atoms with Gasteiger partial charge in [0, 0.05) is 158 Å². The normalized spacial score (nSPS) is 14.4. The van der Waals surface area contributed by atoms with Crippen molar-refractivity contribution in [2.24, 2.45) is 0 Å².